The molecular weight excluding hydrogens is 104 g/mol. The molecule has 0 heterocycles. The van der Waals surface area contributed by atoms with Gasteiger partial charge in [0.15, 0.2) is 0 Å². The van der Waals surface area contributed by atoms with Crippen molar-refractivity contribution in [1.82, 2.24) is 0 Å². The third kappa shape index (κ3) is 1.13. The van der Waals surface area contributed by atoms with Gasteiger partial charge < -0.3 is 0 Å². The third-order valence-corrected chi connectivity index (χ3v) is 0.895. The third-order valence-electron chi connectivity index (χ3n) is 0.634. The molecule has 0 unspecified atom stereocenters. The van der Waals surface area contributed by atoms with E-state index in [1.54, 1.807) is 6.07 Å². The fourth-order valence-electron chi connectivity index (χ4n) is 0.345. The minimum absolute atomic E-state index is 0.836. The Kier molecular flexibility index (Phi) is 1.24. The van der Waals surface area contributed by atoms with E-state index >= 15 is 0 Å². The fraction of sp³-hybridized carbons (Fsp3) is 0. The van der Waals surface area contributed by atoms with E-state index in [1.165, 1.54) is 0 Å². The van der Waals surface area contributed by atoms with Crippen LogP contribution in [-0.2, 0) is 0 Å². The summed E-state index contributed by atoms with van der Waals surface area (Å²) in [6.45, 7) is 0. The summed E-state index contributed by atoms with van der Waals surface area (Å²) in [5.41, 5.74) is 0. The van der Waals surface area contributed by atoms with Crippen LogP contribution in [0.4, 0.5) is 0 Å². The largest absolute Gasteiger partial charge is 0.135 e. The molecule has 0 aromatic heterocycles. The maximum atomic E-state index is 4.00. The maximum absolute atomic E-state index is 4.00. The first kappa shape index (κ1) is 4.55. The number of hydrogen-bond donors (Lipinski definition) is 1. The van der Waals surface area contributed by atoms with Crippen LogP contribution in [0.5, 0.6) is 0 Å². The van der Waals surface area contributed by atoms with E-state index in [4.69, 9.17) is 0 Å². The van der Waals surface area contributed by atoms with Gasteiger partial charge in [-0.3, -0.25) is 0 Å². The van der Waals surface area contributed by atoms with Gasteiger partial charge in [0.1, 0.15) is 0 Å². The Hall–Kier alpha value is -0.610. The predicted molar refractivity (Wildman–Crippen MR) is 31.4 cm³/mol. The Balaban J connectivity index is 3.02. The first-order valence-corrected chi connectivity index (χ1v) is 2.41. The highest BCUT2D eigenvalue weighted by atomic mass is 32.1. The molecule has 7 heavy (non-hydrogen) atoms. The van der Waals surface area contributed by atoms with Crippen molar-refractivity contribution in [2.24, 2.45) is 0 Å². The quantitative estimate of drug-likeness (QED) is 0.479. The Morgan fingerprint density at radius 2 is 2.43 bits per heavy atom. The van der Waals surface area contributed by atoms with Gasteiger partial charge in [-0.2, -0.15) is 0 Å². The monoisotopic (exact) mass is 108 g/mol. The van der Waals surface area contributed by atoms with E-state index in [2.05, 4.69) is 24.8 Å². The van der Waals surface area contributed by atoms with Crippen LogP contribution in [-0.4, -0.2) is 0 Å². The summed E-state index contributed by atoms with van der Waals surface area (Å²) in [5.74, 6) is 0. The SMILES string of the molecule is Sc1c#cccc1. The molecule has 0 aliphatic carbocycles. The lowest BCUT2D eigenvalue weighted by molar-refractivity contribution is 1.51. The van der Waals surface area contributed by atoms with Gasteiger partial charge in [-0.1, -0.05) is 18.2 Å². The molecule has 1 aromatic rings. The molecule has 0 atom stereocenters. The van der Waals surface area contributed by atoms with E-state index in [0.29, 0.717) is 0 Å². The topological polar surface area (TPSA) is 0 Å². The van der Waals surface area contributed by atoms with Gasteiger partial charge in [0, 0.05) is 0 Å². The Labute approximate surface area is 48.6 Å². The smallest absolute Gasteiger partial charge is 0.0546 e. The summed E-state index contributed by atoms with van der Waals surface area (Å²) in [7, 11) is 0. The molecule has 1 heteroatoms. The number of rotatable bonds is 0. The van der Waals surface area contributed by atoms with E-state index < -0.39 is 0 Å². The van der Waals surface area contributed by atoms with E-state index in [-0.39, 0.29) is 0 Å². The van der Waals surface area contributed by atoms with Gasteiger partial charge in [-0.15, -0.1) is 12.6 Å². The Bertz CT molecular complexity index is 134. The first-order valence-electron chi connectivity index (χ1n) is 1.97. The minimum atomic E-state index is 0.836. The second-order valence-electron chi connectivity index (χ2n) is 1.18. The van der Waals surface area contributed by atoms with Crippen molar-refractivity contribution < 1.29 is 0 Å². The van der Waals surface area contributed by atoms with E-state index in [9.17, 15) is 0 Å². The fourth-order valence-corrected chi connectivity index (χ4v) is 0.495. The first-order chi connectivity index (χ1) is 3.39. The normalized spacial score (nSPS) is 7.57. The minimum Gasteiger partial charge on any atom is -0.135 e. The average molecular weight is 108 g/mol. The second-order valence-corrected chi connectivity index (χ2v) is 1.66. The highest BCUT2D eigenvalue weighted by Crippen LogP contribution is 1.95. The molecule has 0 N–H and O–H groups in total. The summed E-state index contributed by atoms with van der Waals surface area (Å²) in [6, 6.07) is 11.1. The second kappa shape index (κ2) is 1.90. The molecule has 0 radical (unpaired) electrons. The molecule has 34 valence electrons. The van der Waals surface area contributed by atoms with Gasteiger partial charge in [0.2, 0.25) is 0 Å². The van der Waals surface area contributed by atoms with Crippen LogP contribution in [0.1, 0.15) is 0 Å². The summed E-state index contributed by atoms with van der Waals surface area (Å²) in [4.78, 5) is 0.836. The van der Waals surface area contributed by atoms with Crippen molar-refractivity contribution in [1.29, 1.82) is 0 Å². The van der Waals surface area contributed by atoms with Crippen LogP contribution in [0.2, 0.25) is 0 Å². The number of thiol groups is 1. The van der Waals surface area contributed by atoms with Gasteiger partial charge in [-0.05, 0) is 12.1 Å². The van der Waals surface area contributed by atoms with Crippen molar-refractivity contribution in [3.63, 3.8) is 0 Å². The van der Waals surface area contributed by atoms with E-state index in [1.807, 2.05) is 12.1 Å². The molecule has 0 fully saturated rings. The predicted octanol–water partition coefficient (Wildman–Crippen LogP) is 1.58. The van der Waals surface area contributed by atoms with Gasteiger partial charge in [0.25, 0.3) is 0 Å². The van der Waals surface area contributed by atoms with Crippen LogP contribution in [0.25, 0.3) is 0 Å². The van der Waals surface area contributed by atoms with E-state index in [0.717, 1.165) is 4.90 Å². The van der Waals surface area contributed by atoms with Crippen molar-refractivity contribution >= 4 is 12.6 Å². The molecule has 0 amide bonds. The molecule has 0 saturated carbocycles. The highest BCUT2D eigenvalue weighted by Gasteiger charge is 1.70. The standard InChI is InChI=1S/C6H4S/c7-6-4-2-1-3-5-6/h1-2,4,7H. The van der Waals surface area contributed by atoms with Gasteiger partial charge in [-0.25, -0.2) is 0 Å². The van der Waals surface area contributed by atoms with Crippen molar-refractivity contribution in [2.75, 3.05) is 0 Å². The molecule has 1 rings (SSSR count). The van der Waals surface area contributed by atoms with Crippen LogP contribution in [0.15, 0.2) is 23.1 Å². The molecule has 1 aromatic carbocycles. The zero-order valence-electron chi connectivity index (χ0n) is 3.68. The van der Waals surface area contributed by atoms with Crippen LogP contribution >= 0.6 is 12.6 Å². The molecule has 0 nitrogen and oxygen atoms in total. The zero-order valence-corrected chi connectivity index (χ0v) is 4.57. The zero-order chi connectivity index (χ0) is 5.11. The van der Waals surface area contributed by atoms with Gasteiger partial charge >= 0.3 is 0 Å². The highest BCUT2D eigenvalue weighted by molar-refractivity contribution is 7.80. The Morgan fingerprint density at radius 1 is 1.57 bits per heavy atom. The lowest BCUT2D eigenvalue weighted by Gasteiger charge is -1.74. The summed E-state index contributed by atoms with van der Waals surface area (Å²) in [5, 5.41) is 0. The van der Waals surface area contributed by atoms with Crippen molar-refractivity contribution in [3.8, 4) is 0 Å². The molecule has 0 aliphatic rings. The molecular formula is C6H4S. The lowest BCUT2D eigenvalue weighted by atomic mass is 10.4. The molecule has 0 spiro atoms. The van der Waals surface area contributed by atoms with Crippen molar-refractivity contribution in [2.45, 2.75) is 4.90 Å². The molecule has 0 bridgehead atoms. The average Bonchev–Trinajstić information content (AvgIpc) is 1.69. The lowest BCUT2D eigenvalue weighted by Crippen LogP contribution is -1.52. The van der Waals surface area contributed by atoms with Crippen molar-refractivity contribution in [3.05, 3.63) is 30.3 Å². The Morgan fingerprint density at radius 3 is 2.71 bits per heavy atom. The number of hydrogen-bond acceptors (Lipinski definition) is 1. The van der Waals surface area contributed by atoms with Gasteiger partial charge in [0.05, 0.1) is 4.90 Å². The van der Waals surface area contributed by atoms with Crippen LogP contribution in [0, 0.1) is 12.1 Å². The van der Waals surface area contributed by atoms with Crippen LogP contribution in [0.3, 0.4) is 0 Å². The molecule has 0 aliphatic heterocycles. The molecule has 0 saturated heterocycles. The summed E-state index contributed by atoms with van der Waals surface area (Å²) >= 11 is 4.00. The van der Waals surface area contributed by atoms with Crippen LogP contribution < -0.4 is 0 Å². The summed E-state index contributed by atoms with van der Waals surface area (Å²) < 4.78 is 0. The summed E-state index contributed by atoms with van der Waals surface area (Å²) in [6.07, 6.45) is 0. The maximum Gasteiger partial charge on any atom is 0.0546 e.